The summed E-state index contributed by atoms with van der Waals surface area (Å²) in [5.74, 6) is 0.639. The lowest BCUT2D eigenvalue weighted by atomic mass is 9.82. The molecule has 2 unspecified atom stereocenters. The van der Waals surface area contributed by atoms with Crippen LogP contribution in [0.2, 0.25) is 0 Å². The minimum Gasteiger partial charge on any atom is -0.482 e. The Kier molecular flexibility index (Phi) is 4.07. The molecule has 1 fully saturated rings. The predicted molar refractivity (Wildman–Crippen MR) is 136 cm³/mol. The summed E-state index contributed by atoms with van der Waals surface area (Å²) >= 11 is 0. The Morgan fingerprint density at radius 3 is 2.39 bits per heavy atom. The lowest BCUT2D eigenvalue weighted by Crippen LogP contribution is -2.47. The predicted octanol–water partition coefficient (Wildman–Crippen LogP) is 6.25. The van der Waals surface area contributed by atoms with Gasteiger partial charge in [-0.05, 0) is 33.8 Å². The molecule has 0 spiro atoms. The Labute approximate surface area is 207 Å². The number of ether oxygens (including phenoxy) is 3. The van der Waals surface area contributed by atoms with E-state index in [1.54, 1.807) is 13.8 Å². The van der Waals surface area contributed by atoms with Crippen LogP contribution in [0.1, 0.15) is 56.6 Å². The van der Waals surface area contributed by atoms with Crippen LogP contribution in [0.3, 0.4) is 0 Å². The quantitative estimate of drug-likeness (QED) is 0.219. The maximum Gasteiger partial charge on any atom is 0.338 e. The third kappa shape index (κ3) is 2.76. The number of hydrogen-bond donors (Lipinski definition) is 0. The summed E-state index contributed by atoms with van der Waals surface area (Å²) in [6, 6.07) is 15.3. The first-order chi connectivity index (χ1) is 17.2. The van der Waals surface area contributed by atoms with Crippen LogP contribution in [-0.4, -0.2) is 17.2 Å². The van der Waals surface area contributed by atoms with Crippen LogP contribution in [0.4, 0.5) is 0 Å². The average molecular weight is 481 g/mol. The molecule has 2 atom stereocenters. The van der Waals surface area contributed by atoms with Crippen molar-refractivity contribution in [3.63, 3.8) is 0 Å². The molecule has 0 N–H and O–H groups in total. The number of carbonyl (C=O) groups is 1. The molecular weight excluding hydrogens is 456 g/mol. The van der Waals surface area contributed by atoms with E-state index in [4.69, 9.17) is 18.6 Å². The largest absolute Gasteiger partial charge is 0.482 e. The Bertz CT molecular complexity index is 1720. The highest BCUT2D eigenvalue weighted by molar-refractivity contribution is 6.12. The third-order valence-corrected chi connectivity index (χ3v) is 7.31. The maximum atomic E-state index is 14.4. The lowest BCUT2D eigenvalue weighted by Gasteiger charge is -2.42. The number of hydrogen-bond acceptors (Lipinski definition) is 6. The van der Waals surface area contributed by atoms with Gasteiger partial charge in [-0.3, -0.25) is 4.79 Å². The maximum absolute atomic E-state index is 14.4. The second kappa shape index (κ2) is 6.86. The van der Waals surface area contributed by atoms with E-state index in [0.29, 0.717) is 33.6 Å². The fourth-order valence-corrected chi connectivity index (χ4v) is 5.56. The second-order valence-electron chi connectivity index (χ2n) is 10.7. The van der Waals surface area contributed by atoms with E-state index in [0.717, 1.165) is 21.9 Å². The van der Waals surface area contributed by atoms with Crippen molar-refractivity contribution < 1.29 is 23.4 Å². The van der Waals surface area contributed by atoms with Crippen LogP contribution < -0.4 is 10.2 Å². The van der Waals surface area contributed by atoms with Crippen molar-refractivity contribution in [1.82, 2.24) is 0 Å². The normalized spacial score (nSPS) is 22.7. The molecule has 36 heavy (non-hydrogen) atoms. The van der Waals surface area contributed by atoms with Gasteiger partial charge in [-0.1, -0.05) is 54.6 Å². The molecule has 6 heteroatoms. The molecule has 4 aromatic rings. The molecule has 2 aliphatic heterocycles. The van der Waals surface area contributed by atoms with Crippen LogP contribution in [-0.2, 0) is 14.3 Å². The zero-order valence-electron chi connectivity index (χ0n) is 20.4. The molecule has 0 bridgehead atoms. The Morgan fingerprint density at radius 1 is 0.861 bits per heavy atom. The summed E-state index contributed by atoms with van der Waals surface area (Å²) in [4.78, 5) is 27.2. The Balaban J connectivity index is 1.64. The zero-order valence-corrected chi connectivity index (χ0v) is 20.4. The third-order valence-electron chi connectivity index (χ3n) is 7.31. The van der Waals surface area contributed by atoms with Crippen molar-refractivity contribution in [2.75, 3.05) is 0 Å². The van der Waals surface area contributed by atoms with Gasteiger partial charge in [0.25, 0.3) is 0 Å². The van der Waals surface area contributed by atoms with E-state index in [9.17, 15) is 9.59 Å². The summed E-state index contributed by atoms with van der Waals surface area (Å²) in [5.41, 5.74) is 1.09. The van der Waals surface area contributed by atoms with Crippen LogP contribution in [0.15, 0.2) is 63.8 Å². The molecule has 3 aliphatic rings. The van der Waals surface area contributed by atoms with E-state index in [1.165, 1.54) is 0 Å². The zero-order chi connectivity index (χ0) is 25.0. The Morgan fingerprint density at radius 2 is 1.58 bits per heavy atom. The number of carbonyl (C=O) groups excluding carboxylic acids is 1. The smallest absolute Gasteiger partial charge is 0.338 e. The second-order valence-corrected chi connectivity index (χ2v) is 10.7. The van der Waals surface area contributed by atoms with E-state index in [2.05, 4.69) is 0 Å². The standard InChI is InChI=1S/C30H24O6/c1-29(2)14-13-19-20-22(31)21-25(33-24(20)16-10-6-5-9-15(16)23(19)35-29)17-11-7-8-12-18(17)26-27(21)36-30(3,4)28(32)34-26/h5-14,26-27H,1-4H3. The minimum absolute atomic E-state index is 0.209. The van der Waals surface area contributed by atoms with Crippen molar-refractivity contribution >= 4 is 33.8 Å². The average Bonchev–Trinajstić information content (AvgIpc) is 2.85. The number of esters is 1. The topological polar surface area (TPSA) is 75.0 Å². The van der Waals surface area contributed by atoms with E-state index in [1.807, 2.05) is 74.5 Å². The minimum atomic E-state index is -1.21. The van der Waals surface area contributed by atoms with Gasteiger partial charge < -0.3 is 18.6 Å². The molecule has 1 aliphatic carbocycles. The molecule has 0 radical (unpaired) electrons. The van der Waals surface area contributed by atoms with Gasteiger partial charge in [-0.25, -0.2) is 4.79 Å². The fourth-order valence-electron chi connectivity index (χ4n) is 5.56. The molecule has 1 saturated heterocycles. The highest BCUT2D eigenvalue weighted by Crippen LogP contribution is 2.53. The van der Waals surface area contributed by atoms with Gasteiger partial charge in [-0.2, -0.15) is 0 Å². The van der Waals surface area contributed by atoms with Gasteiger partial charge in [0, 0.05) is 27.5 Å². The molecule has 6 nitrogen and oxygen atoms in total. The summed E-state index contributed by atoms with van der Waals surface area (Å²) in [6.45, 7) is 7.27. The molecule has 3 aromatic carbocycles. The summed E-state index contributed by atoms with van der Waals surface area (Å²) < 4.78 is 25.2. The highest BCUT2D eigenvalue weighted by Gasteiger charge is 2.50. The summed E-state index contributed by atoms with van der Waals surface area (Å²) in [6.07, 6.45) is 2.35. The number of benzene rings is 3. The summed E-state index contributed by atoms with van der Waals surface area (Å²) in [7, 11) is 0. The van der Waals surface area contributed by atoms with Crippen molar-refractivity contribution in [2.45, 2.75) is 51.1 Å². The number of rotatable bonds is 0. The SMILES string of the molecule is CC1(C)C=Cc2c(c3ccccc3c3oc4c(c(=O)c23)C2OC(C)(C)C(=O)OC2c2ccccc2-4)O1. The first-order valence-corrected chi connectivity index (χ1v) is 12.1. The van der Waals surface area contributed by atoms with Gasteiger partial charge >= 0.3 is 5.97 Å². The van der Waals surface area contributed by atoms with Gasteiger partial charge in [0.1, 0.15) is 28.8 Å². The molecule has 3 heterocycles. The first kappa shape index (κ1) is 21.4. The molecule has 1 aromatic heterocycles. The lowest BCUT2D eigenvalue weighted by molar-refractivity contribution is -0.224. The van der Waals surface area contributed by atoms with E-state index in [-0.39, 0.29) is 5.43 Å². The van der Waals surface area contributed by atoms with Gasteiger partial charge in [0.2, 0.25) is 0 Å². The van der Waals surface area contributed by atoms with Gasteiger partial charge in [0.15, 0.2) is 17.1 Å². The fraction of sp³-hybridized carbons (Fsp3) is 0.267. The van der Waals surface area contributed by atoms with Crippen LogP contribution in [0.5, 0.6) is 5.75 Å². The van der Waals surface area contributed by atoms with Crippen LogP contribution in [0.25, 0.3) is 39.1 Å². The van der Waals surface area contributed by atoms with E-state index >= 15 is 0 Å². The molecule has 180 valence electrons. The highest BCUT2D eigenvalue weighted by atomic mass is 16.6. The Hall–Kier alpha value is -3.90. The molecule has 7 rings (SSSR count). The van der Waals surface area contributed by atoms with Crippen LogP contribution in [0, 0.1) is 0 Å². The number of fused-ring (bicyclic) bond motifs is 12. The first-order valence-electron chi connectivity index (χ1n) is 12.1. The van der Waals surface area contributed by atoms with Crippen molar-refractivity contribution in [1.29, 1.82) is 0 Å². The molecular formula is C30H24O6. The van der Waals surface area contributed by atoms with Gasteiger partial charge in [0.05, 0.1) is 10.9 Å². The van der Waals surface area contributed by atoms with E-state index < -0.39 is 29.4 Å². The van der Waals surface area contributed by atoms with Crippen LogP contribution >= 0.6 is 0 Å². The molecule has 0 amide bonds. The van der Waals surface area contributed by atoms with Gasteiger partial charge in [-0.15, -0.1) is 0 Å². The monoisotopic (exact) mass is 480 g/mol. The van der Waals surface area contributed by atoms with Crippen molar-refractivity contribution in [3.8, 4) is 17.1 Å². The molecule has 0 saturated carbocycles. The van der Waals surface area contributed by atoms with Crippen molar-refractivity contribution in [3.05, 3.63) is 81.5 Å². The van der Waals surface area contributed by atoms with Crippen molar-refractivity contribution in [2.24, 2.45) is 0 Å². The summed E-state index contributed by atoms with van der Waals surface area (Å²) in [5, 5.41) is 2.12.